The maximum atomic E-state index is 15.2. The van der Waals surface area contributed by atoms with E-state index in [-0.39, 0.29) is 11.5 Å². The lowest BCUT2D eigenvalue weighted by molar-refractivity contribution is 0.0977. The van der Waals surface area contributed by atoms with Crippen LogP contribution in [0.1, 0.15) is 80.1 Å². The monoisotopic (exact) mass is 409 g/mol. The van der Waals surface area contributed by atoms with E-state index in [0.717, 1.165) is 19.3 Å². The molecule has 3 saturated carbocycles. The Morgan fingerprint density at radius 3 is 2.50 bits per heavy atom. The SMILES string of the molecule is CC1CCCCC1COc1ccc(C(=O)NS(=O)(=O)C2CC2)c(F)c1C1CC1. The number of hydrogen-bond donors (Lipinski definition) is 1. The fourth-order valence-electron chi connectivity index (χ4n) is 4.11. The van der Waals surface area contributed by atoms with Gasteiger partial charge < -0.3 is 4.74 Å². The van der Waals surface area contributed by atoms with Crippen LogP contribution < -0.4 is 9.46 Å². The molecule has 1 amide bonds. The molecular formula is C21H28FNO4S. The van der Waals surface area contributed by atoms with Crippen molar-refractivity contribution in [2.75, 3.05) is 6.61 Å². The van der Waals surface area contributed by atoms with E-state index in [2.05, 4.69) is 6.92 Å². The van der Waals surface area contributed by atoms with Crippen LogP contribution in [-0.2, 0) is 10.0 Å². The molecule has 0 spiro atoms. The molecule has 3 aliphatic rings. The smallest absolute Gasteiger partial charge is 0.267 e. The summed E-state index contributed by atoms with van der Waals surface area (Å²) in [6.45, 7) is 2.80. The first-order chi connectivity index (χ1) is 13.4. The van der Waals surface area contributed by atoms with Crippen LogP contribution >= 0.6 is 0 Å². The van der Waals surface area contributed by atoms with Crippen LogP contribution in [0.25, 0.3) is 0 Å². The van der Waals surface area contributed by atoms with Crippen molar-refractivity contribution in [3.05, 3.63) is 29.1 Å². The van der Waals surface area contributed by atoms with E-state index < -0.39 is 27.0 Å². The fraction of sp³-hybridized carbons (Fsp3) is 0.667. The predicted octanol–water partition coefficient (Wildman–Crippen LogP) is 4.13. The molecule has 7 heteroatoms. The first-order valence-electron chi connectivity index (χ1n) is 10.4. The second-order valence-corrected chi connectivity index (χ2v) is 10.6. The van der Waals surface area contributed by atoms with Crippen LogP contribution in [0, 0.1) is 17.7 Å². The predicted molar refractivity (Wildman–Crippen MR) is 104 cm³/mol. The summed E-state index contributed by atoms with van der Waals surface area (Å²) in [4.78, 5) is 12.4. The molecule has 0 saturated heterocycles. The van der Waals surface area contributed by atoms with Gasteiger partial charge in [-0.3, -0.25) is 4.79 Å². The highest BCUT2D eigenvalue weighted by molar-refractivity contribution is 7.91. The highest BCUT2D eigenvalue weighted by atomic mass is 32.2. The van der Waals surface area contributed by atoms with Gasteiger partial charge in [0.15, 0.2) is 0 Å². The molecular weight excluding hydrogens is 381 g/mol. The van der Waals surface area contributed by atoms with Crippen LogP contribution in [-0.4, -0.2) is 26.2 Å². The number of amides is 1. The molecule has 3 aliphatic carbocycles. The normalized spacial score (nSPS) is 25.4. The van der Waals surface area contributed by atoms with Crippen LogP contribution in [0.5, 0.6) is 5.75 Å². The molecule has 28 heavy (non-hydrogen) atoms. The van der Waals surface area contributed by atoms with Gasteiger partial charge in [0.25, 0.3) is 5.91 Å². The van der Waals surface area contributed by atoms with E-state index in [4.69, 9.17) is 4.74 Å². The summed E-state index contributed by atoms with van der Waals surface area (Å²) in [5.74, 6) is 0.0843. The summed E-state index contributed by atoms with van der Waals surface area (Å²) < 4.78 is 47.2. The highest BCUT2D eigenvalue weighted by Gasteiger charge is 2.38. The first-order valence-corrected chi connectivity index (χ1v) is 11.9. The standard InChI is InChI=1S/C21H28FNO4S/c1-13-4-2-3-5-15(13)12-27-18-11-10-17(20(22)19(18)14-6-7-14)21(24)23-28(25,26)16-8-9-16/h10-11,13-16H,2-9,12H2,1H3,(H,23,24). The molecule has 5 nitrogen and oxygen atoms in total. The Balaban J connectivity index is 1.52. The molecule has 1 N–H and O–H groups in total. The maximum Gasteiger partial charge on any atom is 0.267 e. The maximum absolute atomic E-state index is 15.2. The summed E-state index contributed by atoms with van der Waals surface area (Å²) in [6.07, 6.45) is 7.60. The van der Waals surface area contributed by atoms with Gasteiger partial charge in [0.05, 0.1) is 17.4 Å². The van der Waals surface area contributed by atoms with Crippen molar-refractivity contribution in [3.63, 3.8) is 0 Å². The Kier molecular flexibility index (Phi) is 5.38. The molecule has 2 unspecified atom stereocenters. The summed E-state index contributed by atoms with van der Waals surface area (Å²) >= 11 is 0. The third kappa shape index (κ3) is 4.19. The minimum absolute atomic E-state index is 0.0477. The quantitative estimate of drug-likeness (QED) is 0.735. The van der Waals surface area contributed by atoms with Gasteiger partial charge in [0.2, 0.25) is 10.0 Å². The molecule has 3 fully saturated rings. The molecule has 2 atom stereocenters. The van der Waals surface area contributed by atoms with Crippen LogP contribution in [0.4, 0.5) is 4.39 Å². The number of benzene rings is 1. The molecule has 0 aromatic heterocycles. The number of ether oxygens (including phenoxy) is 1. The molecule has 0 bridgehead atoms. The van der Waals surface area contributed by atoms with Crippen molar-refractivity contribution >= 4 is 15.9 Å². The molecule has 1 aromatic rings. The van der Waals surface area contributed by atoms with E-state index in [9.17, 15) is 13.2 Å². The van der Waals surface area contributed by atoms with Gasteiger partial charge in [-0.15, -0.1) is 0 Å². The molecule has 154 valence electrons. The first kappa shape index (κ1) is 19.7. The van der Waals surface area contributed by atoms with Gasteiger partial charge in [0.1, 0.15) is 11.6 Å². The average Bonchev–Trinajstić information content (AvgIpc) is 3.53. The number of halogens is 1. The lowest BCUT2D eigenvalue weighted by atomic mass is 9.81. The van der Waals surface area contributed by atoms with E-state index in [0.29, 0.717) is 42.6 Å². The van der Waals surface area contributed by atoms with Crippen molar-refractivity contribution < 1.29 is 22.3 Å². The van der Waals surface area contributed by atoms with Crippen molar-refractivity contribution in [3.8, 4) is 5.75 Å². The summed E-state index contributed by atoms with van der Waals surface area (Å²) in [7, 11) is -3.71. The van der Waals surface area contributed by atoms with Gasteiger partial charge in [-0.25, -0.2) is 17.5 Å². The number of hydrogen-bond acceptors (Lipinski definition) is 4. The Morgan fingerprint density at radius 1 is 1.14 bits per heavy atom. The molecule has 0 radical (unpaired) electrons. The van der Waals surface area contributed by atoms with Crippen LogP contribution in [0.3, 0.4) is 0 Å². The Bertz CT molecular complexity index is 861. The number of carbonyl (C=O) groups excluding carboxylic acids is 1. The average molecular weight is 410 g/mol. The molecule has 4 rings (SSSR count). The van der Waals surface area contributed by atoms with Gasteiger partial charge >= 0.3 is 0 Å². The summed E-state index contributed by atoms with van der Waals surface area (Å²) in [6, 6.07) is 2.97. The number of rotatable bonds is 7. The van der Waals surface area contributed by atoms with E-state index in [1.807, 2.05) is 4.72 Å². The molecule has 1 aromatic carbocycles. The van der Waals surface area contributed by atoms with Gasteiger partial charge in [-0.1, -0.05) is 26.2 Å². The number of carbonyl (C=O) groups is 1. The fourth-order valence-corrected chi connectivity index (χ4v) is 5.40. The summed E-state index contributed by atoms with van der Waals surface area (Å²) in [5, 5.41) is -0.525. The van der Waals surface area contributed by atoms with Crippen LogP contribution in [0.15, 0.2) is 12.1 Å². The van der Waals surface area contributed by atoms with Crippen molar-refractivity contribution in [2.24, 2.45) is 11.8 Å². The van der Waals surface area contributed by atoms with Crippen molar-refractivity contribution in [1.29, 1.82) is 0 Å². The van der Waals surface area contributed by atoms with E-state index >= 15 is 4.39 Å². The van der Waals surface area contributed by atoms with Gasteiger partial charge in [0, 0.05) is 5.56 Å². The lowest BCUT2D eigenvalue weighted by Crippen LogP contribution is -2.34. The van der Waals surface area contributed by atoms with Crippen molar-refractivity contribution in [1.82, 2.24) is 4.72 Å². The Morgan fingerprint density at radius 2 is 1.86 bits per heavy atom. The zero-order chi connectivity index (χ0) is 19.9. The van der Waals surface area contributed by atoms with Crippen molar-refractivity contribution in [2.45, 2.75) is 69.5 Å². The second-order valence-electron chi connectivity index (χ2n) is 8.62. The lowest BCUT2D eigenvalue weighted by Gasteiger charge is -2.29. The minimum atomic E-state index is -3.71. The minimum Gasteiger partial charge on any atom is -0.493 e. The third-order valence-electron chi connectivity index (χ3n) is 6.31. The highest BCUT2D eigenvalue weighted by Crippen LogP contribution is 2.46. The molecule has 0 aliphatic heterocycles. The molecule has 0 heterocycles. The van der Waals surface area contributed by atoms with Gasteiger partial charge in [-0.05, 0) is 62.0 Å². The van der Waals surface area contributed by atoms with E-state index in [1.54, 1.807) is 6.07 Å². The number of sulfonamides is 1. The Labute approximate surface area is 166 Å². The third-order valence-corrected chi connectivity index (χ3v) is 8.13. The zero-order valence-corrected chi connectivity index (χ0v) is 17.1. The van der Waals surface area contributed by atoms with Gasteiger partial charge in [-0.2, -0.15) is 0 Å². The zero-order valence-electron chi connectivity index (χ0n) is 16.2. The van der Waals surface area contributed by atoms with E-state index in [1.165, 1.54) is 25.3 Å². The second kappa shape index (κ2) is 7.65. The number of nitrogens with one attached hydrogen (secondary N) is 1. The topological polar surface area (TPSA) is 72.5 Å². The van der Waals surface area contributed by atoms with Crippen LogP contribution in [0.2, 0.25) is 0 Å². The Hall–Kier alpha value is -1.63. The summed E-state index contributed by atoms with van der Waals surface area (Å²) in [5.41, 5.74) is 0.212. The largest absolute Gasteiger partial charge is 0.493 e.